The molecule has 0 bridgehead atoms. The molecular formula is C24H20FN3O3. The van der Waals surface area contributed by atoms with Crippen molar-refractivity contribution in [3.8, 4) is 22.9 Å². The highest BCUT2D eigenvalue weighted by atomic mass is 19.1. The normalized spacial score (nSPS) is 11.5. The summed E-state index contributed by atoms with van der Waals surface area (Å²) in [5, 5.41) is 4.95. The number of fused-ring (bicyclic) bond motifs is 1. The van der Waals surface area contributed by atoms with Crippen LogP contribution < -0.4 is 15.0 Å². The molecule has 0 aliphatic carbocycles. The van der Waals surface area contributed by atoms with Crippen LogP contribution in [0, 0.1) is 5.82 Å². The highest BCUT2D eigenvalue weighted by molar-refractivity contribution is 5.98. The highest BCUT2D eigenvalue weighted by Crippen LogP contribution is 2.31. The molecule has 0 aliphatic heterocycles. The van der Waals surface area contributed by atoms with Crippen molar-refractivity contribution in [1.29, 1.82) is 0 Å². The van der Waals surface area contributed by atoms with Gasteiger partial charge >= 0.3 is 0 Å². The predicted molar refractivity (Wildman–Crippen MR) is 119 cm³/mol. The van der Waals surface area contributed by atoms with E-state index in [1.165, 1.54) is 23.9 Å². The molecule has 0 spiro atoms. The van der Waals surface area contributed by atoms with E-state index in [1.54, 1.807) is 62.6 Å². The summed E-state index contributed by atoms with van der Waals surface area (Å²) >= 11 is 0. The van der Waals surface area contributed by atoms with Gasteiger partial charge in [-0.3, -0.25) is 4.79 Å². The molecular weight excluding hydrogens is 397 g/mol. The van der Waals surface area contributed by atoms with Crippen LogP contribution in [0.3, 0.4) is 0 Å². The van der Waals surface area contributed by atoms with Gasteiger partial charge in [0, 0.05) is 11.1 Å². The van der Waals surface area contributed by atoms with Crippen molar-refractivity contribution >= 4 is 16.6 Å². The standard InChI is InChI=1S/C24H20FN3O3/c1-15(16-7-6-8-18(25)13-16)27-28-23(17-11-12-21(30-2)22(14-17)31-3)26-20-10-5-4-9-19(20)24(28)29/h4-14H,1-3H3. The molecule has 1 heterocycles. The second-order valence-corrected chi connectivity index (χ2v) is 6.84. The van der Waals surface area contributed by atoms with Crippen molar-refractivity contribution in [3.63, 3.8) is 0 Å². The largest absolute Gasteiger partial charge is 0.493 e. The molecule has 0 radical (unpaired) electrons. The van der Waals surface area contributed by atoms with Crippen LogP contribution in [0.25, 0.3) is 22.3 Å². The average Bonchev–Trinajstić information content (AvgIpc) is 2.80. The number of halogens is 1. The third kappa shape index (κ3) is 3.90. The van der Waals surface area contributed by atoms with E-state index in [9.17, 15) is 9.18 Å². The van der Waals surface area contributed by atoms with Crippen LogP contribution in [0.5, 0.6) is 11.5 Å². The van der Waals surface area contributed by atoms with Gasteiger partial charge in [0.2, 0.25) is 0 Å². The zero-order valence-electron chi connectivity index (χ0n) is 17.3. The third-order valence-corrected chi connectivity index (χ3v) is 4.89. The summed E-state index contributed by atoms with van der Waals surface area (Å²) in [6.45, 7) is 1.72. The Balaban J connectivity index is 1.99. The zero-order chi connectivity index (χ0) is 22.0. The summed E-state index contributed by atoms with van der Waals surface area (Å²) in [5.74, 6) is 1.01. The Morgan fingerprint density at radius 2 is 1.74 bits per heavy atom. The van der Waals surface area contributed by atoms with Crippen molar-refractivity contribution in [1.82, 2.24) is 9.66 Å². The molecule has 0 N–H and O–H groups in total. The number of rotatable bonds is 5. The molecule has 0 fully saturated rings. The molecule has 0 saturated carbocycles. The van der Waals surface area contributed by atoms with Crippen LogP contribution in [-0.2, 0) is 0 Å². The molecule has 0 atom stereocenters. The van der Waals surface area contributed by atoms with Crippen molar-refractivity contribution in [2.24, 2.45) is 5.10 Å². The minimum absolute atomic E-state index is 0.328. The zero-order valence-corrected chi connectivity index (χ0v) is 17.3. The van der Waals surface area contributed by atoms with Crippen LogP contribution in [0.2, 0.25) is 0 Å². The van der Waals surface area contributed by atoms with Crippen LogP contribution in [0.1, 0.15) is 12.5 Å². The van der Waals surface area contributed by atoms with Gasteiger partial charge in [-0.1, -0.05) is 24.3 Å². The van der Waals surface area contributed by atoms with Crippen molar-refractivity contribution < 1.29 is 13.9 Å². The average molecular weight is 417 g/mol. The van der Waals surface area contributed by atoms with E-state index in [2.05, 4.69) is 10.1 Å². The number of nitrogens with zero attached hydrogens (tertiary/aromatic N) is 3. The minimum Gasteiger partial charge on any atom is -0.493 e. The first-order chi connectivity index (χ1) is 15.0. The lowest BCUT2D eigenvalue weighted by Gasteiger charge is -2.13. The topological polar surface area (TPSA) is 65.7 Å². The first-order valence-electron chi connectivity index (χ1n) is 9.57. The van der Waals surface area contributed by atoms with E-state index in [4.69, 9.17) is 9.47 Å². The number of para-hydroxylation sites is 1. The number of benzene rings is 3. The first kappa shape index (κ1) is 20.3. The first-order valence-corrected chi connectivity index (χ1v) is 9.57. The van der Waals surface area contributed by atoms with Gasteiger partial charge in [0.15, 0.2) is 17.3 Å². The van der Waals surface area contributed by atoms with Gasteiger partial charge in [-0.25, -0.2) is 9.37 Å². The van der Waals surface area contributed by atoms with Gasteiger partial charge in [-0.05, 0) is 49.4 Å². The smallest absolute Gasteiger partial charge is 0.282 e. The molecule has 0 unspecified atom stereocenters. The molecule has 0 amide bonds. The molecule has 4 rings (SSSR count). The maximum Gasteiger partial charge on any atom is 0.282 e. The molecule has 156 valence electrons. The minimum atomic E-state index is -0.379. The Labute approximate surface area is 178 Å². The number of methoxy groups -OCH3 is 2. The van der Waals surface area contributed by atoms with Crippen molar-refractivity contribution in [2.75, 3.05) is 14.2 Å². The van der Waals surface area contributed by atoms with E-state index in [0.29, 0.717) is 45.1 Å². The Morgan fingerprint density at radius 3 is 2.48 bits per heavy atom. The number of hydrogen-bond donors (Lipinski definition) is 0. The van der Waals surface area contributed by atoms with E-state index in [-0.39, 0.29) is 11.4 Å². The van der Waals surface area contributed by atoms with Crippen LogP contribution in [0.15, 0.2) is 76.6 Å². The summed E-state index contributed by atoms with van der Waals surface area (Å²) in [4.78, 5) is 18.0. The fraction of sp³-hybridized carbons (Fsp3) is 0.125. The Morgan fingerprint density at radius 1 is 0.968 bits per heavy atom. The molecule has 3 aromatic carbocycles. The summed E-state index contributed by atoms with van der Waals surface area (Å²) in [7, 11) is 3.09. The predicted octanol–water partition coefficient (Wildman–Crippen LogP) is 4.49. The van der Waals surface area contributed by atoms with E-state index in [0.717, 1.165) is 0 Å². The molecule has 0 saturated heterocycles. The fourth-order valence-electron chi connectivity index (χ4n) is 3.30. The number of aromatic nitrogens is 2. The SMILES string of the molecule is COc1ccc(-c2nc3ccccc3c(=O)n2N=C(C)c2cccc(F)c2)cc1OC. The number of hydrogen-bond acceptors (Lipinski definition) is 5. The van der Waals surface area contributed by atoms with Gasteiger partial charge in [0.1, 0.15) is 5.82 Å². The van der Waals surface area contributed by atoms with E-state index in [1.807, 2.05) is 6.07 Å². The quantitative estimate of drug-likeness (QED) is 0.449. The maximum absolute atomic E-state index is 13.7. The third-order valence-electron chi connectivity index (χ3n) is 4.89. The Hall–Kier alpha value is -4.00. The lowest BCUT2D eigenvalue weighted by molar-refractivity contribution is 0.355. The van der Waals surface area contributed by atoms with Gasteiger partial charge in [-0.15, -0.1) is 0 Å². The Bertz CT molecular complexity index is 1360. The van der Waals surface area contributed by atoms with Gasteiger partial charge in [0.05, 0.1) is 30.8 Å². The van der Waals surface area contributed by atoms with Crippen LogP contribution >= 0.6 is 0 Å². The number of ether oxygens (including phenoxy) is 2. The molecule has 0 aliphatic rings. The fourth-order valence-corrected chi connectivity index (χ4v) is 3.30. The van der Waals surface area contributed by atoms with E-state index < -0.39 is 0 Å². The lowest BCUT2D eigenvalue weighted by Crippen LogP contribution is -2.21. The molecule has 7 heteroatoms. The lowest BCUT2D eigenvalue weighted by atomic mass is 10.1. The summed E-state index contributed by atoms with van der Waals surface area (Å²) in [5.41, 5.74) is 1.88. The van der Waals surface area contributed by atoms with Crippen LogP contribution in [0.4, 0.5) is 4.39 Å². The van der Waals surface area contributed by atoms with Crippen molar-refractivity contribution in [3.05, 3.63) is 88.5 Å². The van der Waals surface area contributed by atoms with Gasteiger partial charge < -0.3 is 9.47 Å². The summed E-state index contributed by atoms with van der Waals surface area (Å²) in [6.07, 6.45) is 0. The molecule has 31 heavy (non-hydrogen) atoms. The molecule has 4 aromatic rings. The van der Waals surface area contributed by atoms with Crippen molar-refractivity contribution in [2.45, 2.75) is 6.92 Å². The molecule has 1 aromatic heterocycles. The molecule has 6 nitrogen and oxygen atoms in total. The maximum atomic E-state index is 13.7. The van der Waals surface area contributed by atoms with E-state index >= 15 is 0 Å². The monoisotopic (exact) mass is 417 g/mol. The summed E-state index contributed by atoms with van der Waals surface area (Å²) in [6, 6.07) is 18.4. The summed E-state index contributed by atoms with van der Waals surface area (Å²) < 4.78 is 25.6. The van der Waals surface area contributed by atoms with Gasteiger partial charge in [-0.2, -0.15) is 9.78 Å². The highest BCUT2D eigenvalue weighted by Gasteiger charge is 2.15. The van der Waals surface area contributed by atoms with Gasteiger partial charge in [0.25, 0.3) is 5.56 Å². The Kier molecular flexibility index (Phi) is 5.49. The second kappa shape index (κ2) is 8.39. The second-order valence-electron chi connectivity index (χ2n) is 6.84. The van der Waals surface area contributed by atoms with Crippen LogP contribution in [-0.4, -0.2) is 29.6 Å².